The fourth-order valence-electron chi connectivity index (χ4n) is 1.90. The Kier molecular flexibility index (Phi) is 8.36. The van der Waals surface area contributed by atoms with E-state index >= 15 is 0 Å². The zero-order valence-electron chi connectivity index (χ0n) is 12.8. The van der Waals surface area contributed by atoms with Gasteiger partial charge in [0.2, 0.25) is 0 Å². The fourth-order valence-corrected chi connectivity index (χ4v) is 1.90. The summed E-state index contributed by atoms with van der Waals surface area (Å²) in [5, 5.41) is 0. The van der Waals surface area contributed by atoms with E-state index in [2.05, 4.69) is 0 Å². The van der Waals surface area contributed by atoms with Gasteiger partial charge in [0.25, 0.3) is 0 Å². The summed E-state index contributed by atoms with van der Waals surface area (Å²) in [6, 6.07) is 9.98. The fraction of sp³-hybridized carbons (Fsp3) is 0.529. The van der Waals surface area contributed by atoms with Crippen molar-refractivity contribution >= 4 is 11.8 Å². The van der Waals surface area contributed by atoms with Gasteiger partial charge in [-0.1, -0.05) is 37.3 Å². The predicted octanol–water partition coefficient (Wildman–Crippen LogP) is 3.14. The minimum Gasteiger partial charge on any atom is -0.466 e. The first kappa shape index (κ1) is 17.4. The molecule has 4 nitrogen and oxygen atoms in total. The number of ether oxygens (including phenoxy) is 2. The topological polar surface area (TPSA) is 52.6 Å². The van der Waals surface area contributed by atoms with Crippen molar-refractivity contribution in [3.63, 3.8) is 0 Å². The van der Waals surface area contributed by atoms with Gasteiger partial charge in [0.15, 0.2) is 0 Å². The number of ketones is 1. The molecular formula is C17H24O4. The van der Waals surface area contributed by atoms with E-state index in [1.165, 1.54) is 0 Å². The monoisotopic (exact) mass is 292 g/mol. The van der Waals surface area contributed by atoms with Gasteiger partial charge in [0.1, 0.15) is 12.2 Å². The molecule has 0 fully saturated rings. The van der Waals surface area contributed by atoms with E-state index in [1.807, 2.05) is 37.3 Å². The maximum Gasteiger partial charge on any atom is 0.313 e. The molecule has 0 bridgehead atoms. The number of esters is 1. The van der Waals surface area contributed by atoms with E-state index in [0.29, 0.717) is 32.2 Å². The predicted molar refractivity (Wildman–Crippen MR) is 80.8 cm³/mol. The van der Waals surface area contributed by atoms with Crippen LogP contribution < -0.4 is 0 Å². The second-order valence-corrected chi connectivity index (χ2v) is 5.17. The van der Waals surface area contributed by atoms with Crippen LogP contribution in [0.25, 0.3) is 0 Å². The van der Waals surface area contributed by atoms with Crippen LogP contribution in [0.1, 0.15) is 38.7 Å². The highest BCUT2D eigenvalue weighted by Crippen LogP contribution is 2.10. The number of hydrogen-bond donors (Lipinski definition) is 0. The van der Waals surface area contributed by atoms with Crippen LogP contribution in [0, 0.1) is 5.92 Å². The Balaban J connectivity index is 2.12. The average Bonchev–Trinajstić information content (AvgIpc) is 2.46. The number of Topliss-reactive ketones (excluding diaryl/α,β-unsaturated/α-hetero) is 1. The van der Waals surface area contributed by atoms with Crippen molar-refractivity contribution in [2.45, 2.75) is 39.7 Å². The minimum atomic E-state index is -0.435. The molecule has 0 aliphatic rings. The summed E-state index contributed by atoms with van der Waals surface area (Å²) in [6.45, 7) is 5.29. The maximum absolute atomic E-state index is 11.6. The molecular weight excluding hydrogens is 268 g/mol. The number of benzene rings is 1. The van der Waals surface area contributed by atoms with Gasteiger partial charge in [-0.05, 0) is 24.8 Å². The first-order valence-corrected chi connectivity index (χ1v) is 7.40. The second kappa shape index (κ2) is 10.1. The van der Waals surface area contributed by atoms with Gasteiger partial charge in [0, 0.05) is 13.0 Å². The number of hydrogen-bond acceptors (Lipinski definition) is 4. The molecule has 1 aromatic carbocycles. The van der Waals surface area contributed by atoms with Gasteiger partial charge >= 0.3 is 5.97 Å². The summed E-state index contributed by atoms with van der Waals surface area (Å²) in [4.78, 5) is 22.7. The van der Waals surface area contributed by atoms with Crippen LogP contribution in [0.4, 0.5) is 0 Å². The van der Waals surface area contributed by atoms with Crippen LogP contribution in [-0.4, -0.2) is 25.0 Å². The van der Waals surface area contributed by atoms with Gasteiger partial charge in [-0.2, -0.15) is 0 Å². The van der Waals surface area contributed by atoms with Crippen LogP contribution in [-0.2, 0) is 25.7 Å². The van der Waals surface area contributed by atoms with E-state index < -0.39 is 5.97 Å². The quantitative estimate of drug-likeness (QED) is 0.491. The van der Waals surface area contributed by atoms with Crippen molar-refractivity contribution in [3.05, 3.63) is 35.9 Å². The molecule has 0 aromatic heterocycles. The van der Waals surface area contributed by atoms with Crippen molar-refractivity contribution in [3.8, 4) is 0 Å². The molecule has 21 heavy (non-hydrogen) atoms. The molecule has 0 aliphatic heterocycles. The summed E-state index contributed by atoms with van der Waals surface area (Å²) in [6.07, 6.45) is 1.01. The zero-order chi connectivity index (χ0) is 15.5. The van der Waals surface area contributed by atoms with Gasteiger partial charge in [-0.25, -0.2) is 0 Å². The summed E-state index contributed by atoms with van der Waals surface area (Å²) in [5.74, 6) is -0.210. The molecule has 0 heterocycles. The van der Waals surface area contributed by atoms with Crippen molar-refractivity contribution in [1.82, 2.24) is 0 Å². The molecule has 0 aliphatic carbocycles. The lowest BCUT2D eigenvalue weighted by Gasteiger charge is -2.11. The second-order valence-electron chi connectivity index (χ2n) is 5.17. The zero-order valence-corrected chi connectivity index (χ0v) is 12.8. The molecule has 0 amide bonds. The molecule has 0 unspecified atom stereocenters. The SMILES string of the molecule is CCOC(=O)CC(=O)CC[C@H](C)COCc1ccccc1. The van der Waals surface area contributed by atoms with E-state index in [9.17, 15) is 9.59 Å². The lowest BCUT2D eigenvalue weighted by molar-refractivity contribution is -0.145. The molecule has 1 atom stereocenters. The maximum atomic E-state index is 11.6. The highest BCUT2D eigenvalue weighted by molar-refractivity contribution is 5.95. The van der Waals surface area contributed by atoms with Crippen LogP contribution in [0.2, 0.25) is 0 Å². The Morgan fingerprint density at radius 2 is 1.90 bits per heavy atom. The first-order valence-electron chi connectivity index (χ1n) is 7.40. The smallest absolute Gasteiger partial charge is 0.313 e. The molecule has 0 saturated carbocycles. The van der Waals surface area contributed by atoms with Gasteiger partial charge in [-0.3, -0.25) is 9.59 Å². The van der Waals surface area contributed by atoms with Crippen molar-refractivity contribution in [2.24, 2.45) is 5.92 Å². The van der Waals surface area contributed by atoms with Crippen molar-refractivity contribution in [2.75, 3.05) is 13.2 Å². The first-order chi connectivity index (χ1) is 10.1. The Hall–Kier alpha value is -1.68. The number of carbonyl (C=O) groups is 2. The molecule has 0 saturated heterocycles. The number of rotatable bonds is 10. The Morgan fingerprint density at radius 3 is 2.57 bits per heavy atom. The third kappa shape index (κ3) is 8.25. The molecule has 4 heteroatoms. The van der Waals surface area contributed by atoms with Crippen LogP contribution in [0.5, 0.6) is 0 Å². The van der Waals surface area contributed by atoms with E-state index in [1.54, 1.807) is 6.92 Å². The molecule has 0 spiro atoms. The standard InChI is InChI=1S/C17H24O4/c1-3-21-17(19)11-16(18)10-9-14(2)12-20-13-15-7-5-4-6-8-15/h4-8,14H,3,9-13H2,1-2H3/t14-/m0/s1. The van der Waals surface area contributed by atoms with Gasteiger partial charge < -0.3 is 9.47 Å². The third-order valence-electron chi connectivity index (χ3n) is 3.08. The summed E-state index contributed by atoms with van der Waals surface area (Å²) in [5.41, 5.74) is 1.14. The van der Waals surface area contributed by atoms with E-state index in [-0.39, 0.29) is 12.2 Å². The minimum absolute atomic E-state index is 0.0663. The van der Waals surface area contributed by atoms with Gasteiger partial charge in [0.05, 0.1) is 13.2 Å². The Bertz CT molecular complexity index is 428. The molecule has 1 aromatic rings. The van der Waals surface area contributed by atoms with Gasteiger partial charge in [-0.15, -0.1) is 0 Å². The normalized spacial score (nSPS) is 11.9. The largest absolute Gasteiger partial charge is 0.466 e. The molecule has 1 rings (SSSR count). The third-order valence-corrected chi connectivity index (χ3v) is 3.08. The summed E-state index contributed by atoms with van der Waals surface area (Å²) >= 11 is 0. The lowest BCUT2D eigenvalue weighted by Crippen LogP contribution is -2.13. The van der Waals surface area contributed by atoms with Crippen LogP contribution >= 0.6 is 0 Å². The Labute approximate surface area is 126 Å². The lowest BCUT2D eigenvalue weighted by atomic mass is 10.0. The van der Waals surface area contributed by atoms with Crippen LogP contribution in [0.3, 0.4) is 0 Å². The summed E-state index contributed by atoms with van der Waals surface area (Å²) < 4.78 is 10.4. The average molecular weight is 292 g/mol. The Morgan fingerprint density at radius 1 is 1.19 bits per heavy atom. The highest BCUT2D eigenvalue weighted by Gasteiger charge is 2.12. The highest BCUT2D eigenvalue weighted by atomic mass is 16.5. The van der Waals surface area contributed by atoms with Crippen LogP contribution in [0.15, 0.2) is 30.3 Å². The number of carbonyl (C=O) groups excluding carboxylic acids is 2. The molecule has 0 radical (unpaired) electrons. The van der Waals surface area contributed by atoms with E-state index in [0.717, 1.165) is 12.0 Å². The van der Waals surface area contributed by atoms with Crippen molar-refractivity contribution in [1.29, 1.82) is 0 Å². The summed E-state index contributed by atoms with van der Waals surface area (Å²) in [7, 11) is 0. The molecule has 0 N–H and O–H groups in total. The van der Waals surface area contributed by atoms with Crippen molar-refractivity contribution < 1.29 is 19.1 Å². The molecule has 116 valence electrons. The van der Waals surface area contributed by atoms with E-state index in [4.69, 9.17) is 9.47 Å².